The minimum Gasteiger partial charge on any atom is -0.352 e. The molecule has 0 atom stereocenters. The smallest absolute Gasteiger partial charge is 0.251 e. The molecule has 2 aromatic carbocycles. The fraction of sp³-hybridized carbons (Fsp3) is 0.435. The number of amides is 1. The average Bonchev–Trinajstić information content (AvgIpc) is 3.04. The third-order valence-electron chi connectivity index (χ3n) is 6.34. The van der Waals surface area contributed by atoms with Gasteiger partial charge in [-0.05, 0) is 86.5 Å². The normalized spacial score (nSPS) is 18.2. The number of hydrogen-bond acceptors (Lipinski definition) is 2. The van der Waals surface area contributed by atoms with Crippen LogP contribution in [0.2, 0.25) is 10.0 Å². The average molecular weight is 417 g/mol. The molecule has 148 valence electrons. The van der Waals surface area contributed by atoms with E-state index >= 15 is 0 Å². The van der Waals surface area contributed by atoms with Gasteiger partial charge in [0.2, 0.25) is 0 Å². The molecule has 1 aliphatic carbocycles. The second-order valence-electron chi connectivity index (χ2n) is 8.05. The highest BCUT2D eigenvalue weighted by Crippen LogP contribution is 2.46. The number of rotatable bonds is 5. The van der Waals surface area contributed by atoms with Crippen molar-refractivity contribution in [1.29, 1.82) is 0 Å². The third kappa shape index (κ3) is 4.22. The molecule has 1 amide bonds. The first kappa shape index (κ1) is 19.8. The Balaban J connectivity index is 1.22. The van der Waals surface area contributed by atoms with E-state index in [-0.39, 0.29) is 5.91 Å². The summed E-state index contributed by atoms with van der Waals surface area (Å²) in [5.41, 5.74) is 4.08. The van der Waals surface area contributed by atoms with Crippen molar-refractivity contribution in [1.82, 2.24) is 10.2 Å². The maximum Gasteiger partial charge on any atom is 0.251 e. The van der Waals surface area contributed by atoms with E-state index in [1.54, 1.807) is 29.3 Å². The van der Waals surface area contributed by atoms with Gasteiger partial charge in [0.1, 0.15) is 0 Å². The van der Waals surface area contributed by atoms with Crippen molar-refractivity contribution in [3.05, 3.63) is 69.2 Å². The lowest BCUT2D eigenvalue weighted by molar-refractivity contribution is 0.0949. The van der Waals surface area contributed by atoms with E-state index in [4.69, 9.17) is 23.2 Å². The van der Waals surface area contributed by atoms with Crippen LogP contribution in [0.5, 0.6) is 0 Å². The fourth-order valence-electron chi connectivity index (χ4n) is 4.78. The molecule has 0 aromatic heterocycles. The zero-order valence-electron chi connectivity index (χ0n) is 16.0. The number of fused-ring (bicyclic) bond motifs is 2. The summed E-state index contributed by atoms with van der Waals surface area (Å²) in [6.07, 6.45) is 5.98. The van der Waals surface area contributed by atoms with Crippen LogP contribution < -0.4 is 5.32 Å². The highest BCUT2D eigenvalue weighted by molar-refractivity contribution is 6.35. The molecule has 1 aliphatic heterocycles. The lowest BCUT2D eigenvalue weighted by Gasteiger charge is -2.40. The molecule has 3 nitrogen and oxygen atoms in total. The Bertz CT molecular complexity index is 839. The Morgan fingerprint density at radius 1 is 1.04 bits per heavy atom. The van der Waals surface area contributed by atoms with E-state index in [1.165, 1.54) is 25.7 Å². The van der Waals surface area contributed by atoms with Gasteiger partial charge < -0.3 is 10.2 Å². The summed E-state index contributed by atoms with van der Waals surface area (Å²) >= 11 is 11.9. The summed E-state index contributed by atoms with van der Waals surface area (Å²) in [6, 6.07) is 13.9. The number of hydrogen-bond donors (Lipinski definition) is 1. The first-order valence-electron chi connectivity index (χ1n) is 10.1. The van der Waals surface area contributed by atoms with Gasteiger partial charge in [-0.1, -0.05) is 47.5 Å². The van der Waals surface area contributed by atoms with Crippen LogP contribution in [0.25, 0.3) is 0 Å². The molecule has 28 heavy (non-hydrogen) atoms. The fourth-order valence-corrected chi connectivity index (χ4v) is 5.31. The molecule has 1 fully saturated rings. The minimum absolute atomic E-state index is 0.121. The number of nitrogens with zero attached hydrogens (tertiary/aromatic N) is 1. The predicted molar refractivity (Wildman–Crippen MR) is 116 cm³/mol. The minimum atomic E-state index is -0.121. The van der Waals surface area contributed by atoms with Crippen molar-refractivity contribution < 1.29 is 4.79 Å². The van der Waals surface area contributed by atoms with E-state index in [0.717, 1.165) is 26.1 Å². The van der Waals surface area contributed by atoms with Crippen molar-refractivity contribution in [2.75, 3.05) is 26.2 Å². The van der Waals surface area contributed by atoms with Crippen molar-refractivity contribution in [3.8, 4) is 0 Å². The van der Waals surface area contributed by atoms with E-state index in [1.807, 2.05) is 0 Å². The molecule has 0 unspecified atom stereocenters. The monoisotopic (exact) mass is 416 g/mol. The molecule has 2 aromatic rings. The van der Waals surface area contributed by atoms with Crippen LogP contribution in [0.15, 0.2) is 42.5 Å². The van der Waals surface area contributed by atoms with Gasteiger partial charge in [0.05, 0.1) is 0 Å². The first-order chi connectivity index (χ1) is 13.6. The Kier molecular flexibility index (Phi) is 5.96. The second kappa shape index (κ2) is 8.44. The molecule has 4 rings (SSSR count). The van der Waals surface area contributed by atoms with Crippen LogP contribution in [-0.4, -0.2) is 37.0 Å². The summed E-state index contributed by atoms with van der Waals surface area (Å²) in [4.78, 5) is 14.8. The standard InChI is InChI=1S/C23H26Cl2N2O/c24-19-14-18(15-20(25)16-19)22(28)26-10-3-11-27-12-8-23(9-13-27)7-6-17-4-1-2-5-21(17)23/h1-2,4-5,14-16H,3,6-13H2,(H,26,28). The van der Waals surface area contributed by atoms with Gasteiger partial charge in [0.15, 0.2) is 0 Å². The number of carbonyl (C=O) groups excluding carboxylic acids is 1. The molecule has 0 saturated carbocycles. The lowest BCUT2D eigenvalue weighted by Crippen LogP contribution is -2.42. The quantitative estimate of drug-likeness (QED) is 0.687. The molecule has 5 heteroatoms. The van der Waals surface area contributed by atoms with Gasteiger partial charge in [-0.3, -0.25) is 4.79 Å². The van der Waals surface area contributed by atoms with Gasteiger partial charge in [-0.2, -0.15) is 0 Å². The van der Waals surface area contributed by atoms with Crippen LogP contribution in [0, 0.1) is 0 Å². The number of carbonyl (C=O) groups is 1. The molecule has 0 bridgehead atoms. The van der Waals surface area contributed by atoms with Crippen molar-refractivity contribution in [2.24, 2.45) is 0 Å². The Morgan fingerprint density at radius 2 is 1.75 bits per heavy atom. The zero-order chi connectivity index (χ0) is 19.6. The van der Waals surface area contributed by atoms with Gasteiger partial charge in [0, 0.05) is 22.2 Å². The Morgan fingerprint density at radius 3 is 2.50 bits per heavy atom. The summed E-state index contributed by atoms with van der Waals surface area (Å²) in [7, 11) is 0. The van der Waals surface area contributed by atoms with Crippen LogP contribution in [-0.2, 0) is 11.8 Å². The van der Waals surface area contributed by atoms with E-state index in [9.17, 15) is 4.79 Å². The van der Waals surface area contributed by atoms with E-state index in [0.29, 0.717) is 27.6 Å². The molecule has 0 radical (unpaired) electrons. The number of halogens is 2. The number of aryl methyl sites for hydroxylation is 1. The predicted octanol–water partition coefficient (Wildman–Crippen LogP) is 5.09. The zero-order valence-corrected chi connectivity index (χ0v) is 17.5. The highest BCUT2D eigenvalue weighted by atomic mass is 35.5. The molecule has 1 spiro atoms. The Hall–Kier alpha value is -1.55. The highest BCUT2D eigenvalue weighted by Gasteiger charge is 2.40. The van der Waals surface area contributed by atoms with Gasteiger partial charge in [0.25, 0.3) is 5.91 Å². The number of benzene rings is 2. The van der Waals surface area contributed by atoms with E-state index in [2.05, 4.69) is 34.5 Å². The maximum atomic E-state index is 12.2. The lowest BCUT2D eigenvalue weighted by atomic mass is 9.74. The summed E-state index contributed by atoms with van der Waals surface area (Å²) in [6.45, 7) is 3.97. The number of piperidine rings is 1. The summed E-state index contributed by atoms with van der Waals surface area (Å²) in [5.74, 6) is -0.121. The van der Waals surface area contributed by atoms with Crippen LogP contribution >= 0.6 is 23.2 Å². The first-order valence-corrected chi connectivity index (χ1v) is 10.9. The molecule has 2 aliphatic rings. The molecule has 1 heterocycles. The Labute approximate surface area is 177 Å². The van der Waals surface area contributed by atoms with E-state index < -0.39 is 0 Å². The summed E-state index contributed by atoms with van der Waals surface area (Å²) in [5, 5.41) is 3.93. The van der Waals surface area contributed by atoms with Crippen LogP contribution in [0.4, 0.5) is 0 Å². The molecule has 1 saturated heterocycles. The number of nitrogens with one attached hydrogen (secondary N) is 1. The molecular formula is C23H26Cl2N2O. The van der Waals surface area contributed by atoms with Gasteiger partial charge in [-0.25, -0.2) is 0 Å². The number of likely N-dealkylation sites (tertiary alicyclic amines) is 1. The largest absolute Gasteiger partial charge is 0.352 e. The molecule has 1 N–H and O–H groups in total. The van der Waals surface area contributed by atoms with Gasteiger partial charge >= 0.3 is 0 Å². The van der Waals surface area contributed by atoms with Gasteiger partial charge in [-0.15, -0.1) is 0 Å². The van der Waals surface area contributed by atoms with Crippen LogP contribution in [0.1, 0.15) is 47.2 Å². The molecular weight excluding hydrogens is 391 g/mol. The maximum absolute atomic E-state index is 12.2. The second-order valence-corrected chi connectivity index (χ2v) is 8.92. The summed E-state index contributed by atoms with van der Waals surface area (Å²) < 4.78 is 0. The van der Waals surface area contributed by atoms with Crippen molar-refractivity contribution in [2.45, 2.75) is 37.5 Å². The third-order valence-corrected chi connectivity index (χ3v) is 6.77. The van der Waals surface area contributed by atoms with Crippen molar-refractivity contribution in [3.63, 3.8) is 0 Å². The topological polar surface area (TPSA) is 32.3 Å². The van der Waals surface area contributed by atoms with Crippen molar-refractivity contribution >= 4 is 29.1 Å². The SMILES string of the molecule is O=C(NCCCN1CCC2(CCc3ccccc32)CC1)c1cc(Cl)cc(Cl)c1. The van der Waals surface area contributed by atoms with Crippen LogP contribution in [0.3, 0.4) is 0 Å².